The van der Waals surface area contributed by atoms with E-state index in [1.54, 1.807) is 11.8 Å². The third-order valence-corrected chi connectivity index (χ3v) is 8.42. The number of rotatable bonds is 8. The maximum atomic E-state index is 13.5. The molecular formula is C26H40N4O3. The van der Waals surface area contributed by atoms with Gasteiger partial charge in [0.2, 0.25) is 5.91 Å². The van der Waals surface area contributed by atoms with E-state index in [-0.39, 0.29) is 42.2 Å². The van der Waals surface area contributed by atoms with Crippen LogP contribution in [0.25, 0.3) is 0 Å². The Hall–Kier alpha value is -2.12. The Morgan fingerprint density at radius 3 is 2.39 bits per heavy atom. The van der Waals surface area contributed by atoms with Crippen LogP contribution in [-0.2, 0) is 10.3 Å². The molecule has 1 saturated heterocycles. The highest BCUT2D eigenvalue weighted by molar-refractivity contribution is 5.86. The van der Waals surface area contributed by atoms with Crippen molar-refractivity contribution in [3.05, 3.63) is 35.9 Å². The summed E-state index contributed by atoms with van der Waals surface area (Å²) in [5.74, 6) is 0.386. The van der Waals surface area contributed by atoms with E-state index in [4.69, 9.17) is 0 Å². The molecule has 1 aromatic carbocycles. The number of hydrogen-bond acceptors (Lipinski definition) is 4. The van der Waals surface area contributed by atoms with Gasteiger partial charge >= 0.3 is 6.03 Å². The largest absolute Gasteiger partial charge is 0.394 e. The van der Waals surface area contributed by atoms with Crippen LogP contribution in [0.5, 0.6) is 0 Å². The van der Waals surface area contributed by atoms with E-state index in [1.807, 2.05) is 0 Å². The number of hydrogen-bond donors (Lipinski definition) is 2. The number of nitrogens with one attached hydrogen (secondary N) is 1. The molecule has 1 aliphatic heterocycles. The standard InChI is InChI=1S/C26H40N4O3/c1-20(18-31)27-23(32)17-29-19-25(30(24(29)33)16-21-8-7-9-21)12-14-26(15-13-25,28(2)3)22-10-5-4-6-11-22/h4-6,10-11,20-21,31H,7-9,12-19H2,1-3H3,(H,27,32)/t20-,25?,26?/m0/s1. The molecule has 33 heavy (non-hydrogen) atoms. The summed E-state index contributed by atoms with van der Waals surface area (Å²) in [5, 5.41) is 12.0. The predicted molar refractivity (Wildman–Crippen MR) is 129 cm³/mol. The average Bonchev–Trinajstić information content (AvgIpc) is 3.02. The van der Waals surface area contributed by atoms with E-state index < -0.39 is 0 Å². The van der Waals surface area contributed by atoms with Crippen LogP contribution < -0.4 is 5.32 Å². The van der Waals surface area contributed by atoms with Crippen molar-refractivity contribution in [1.29, 1.82) is 0 Å². The Morgan fingerprint density at radius 2 is 1.85 bits per heavy atom. The second-order valence-corrected chi connectivity index (χ2v) is 10.7. The Bertz CT molecular complexity index is 831. The van der Waals surface area contributed by atoms with E-state index in [1.165, 1.54) is 24.8 Å². The molecule has 2 aliphatic carbocycles. The summed E-state index contributed by atoms with van der Waals surface area (Å²) in [4.78, 5) is 32.3. The van der Waals surface area contributed by atoms with Crippen LogP contribution in [0, 0.1) is 5.92 Å². The van der Waals surface area contributed by atoms with Crippen LogP contribution in [0.3, 0.4) is 0 Å². The van der Waals surface area contributed by atoms with Crippen molar-refractivity contribution in [3.63, 3.8) is 0 Å². The van der Waals surface area contributed by atoms with Crippen molar-refractivity contribution in [2.45, 2.75) is 69.0 Å². The van der Waals surface area contributed by atoms with Gasteiger partial charge in [0.05, 0.1) is 12.1 Å². The number of amides is 3. The predicted octanol–water partition coefficient (Wildman–Crippen LogP) is 2.79. The van der Waals surface area contributed by atoms with Gasteiger partial charge in [-0.1, -0.05) is 36.8 Å². The van der Waals surface area contributed by atoms with Gasteiger partial charge in [0.1, 0.15) is 6.54 Å². The van der Waals surface area contributed by atoms with Crippen molar-refractivity contribution in [2.24, 2.45) is 5.92 Å². The minimum Gasteiger partial charge on any atom is -0.394 e. The van der Waals surface area contributed by atoms with Gasteiger partial charge in [-0.2, -0.15) is 0 Å². The zero-order valence-corrected chi connectivity index (χ0v) is 20.4. The van der Waals surface area contributed by atoms with Crippen LogP contribution in [0.15, 0.2) is 30.3 Å². The molecular weight excluding hydrogens is 416 g/mol. The zero-order valence-electron chi connectivity index (χ0n) is 20.4. The maximum Gasteiger partial charge on any atom is 0.321 e. The van der Waals surface area contributed by atoms with Crippen molar-refractivity contribution in [3.8, 4) is 0 Å². The van der Waals surface area contributed by atoms with Crippen LogP contribution in [0.1, 0.15) is 57.4 Å². The fraction of sp³-hybridized carbons (Fsp3) is 0.692. The molecule has 3 aliphatic rings. The topological polar surface area (TPSA) is 76.1 Å². The van der Waals surface area contributed by atoms with Gasteiger partial charge in [-0.15, -0.1) is 0 Å². The quantitative estimate of drug-likeness (QED) is 0.631. The Labute approximate surface area is 198 Å². The Morgan fingerprint density at radius 1 is 1.18 bits per heavy atom. The normalized spacial score (nSPS) is 28.9. The van der Waals surface area contributed by atoms with Crippen molar-refractivity contribution in [1.82, 2.24) is 20.0 Å². The maximum absolute atomic E-state index is 13.5. The van der Waals surface area contributed by atoms with Gasteiger partial charge in [-0.25, -0.2) is 4.79 Å². The molecule has 2 N–H and O–H groups in total. The average molecular weight is 457 g/mol. The SMILES string of the molecule is C[C@@H](CO)NC(=O)CN1CC2(CCC(c3ccccc3)(N(C)C)CC2)N(CC2CCC2)C1=O. The van der Waals surface area contributed by atoms with Gasteiger partial charge in [-0.05, 0) is 71.0 Å². The summed E-state index contributed by atoms with van der Waals surface area (Å²) in [6.45, 7) is 3.13. The molecule has 7 heteroatoms. The van der Waals surface area contributed by atoms with E-state index in [9.17, 15) is 14.7 Å². The van der Waals surface area contributed by atoms with Gasteiger partial charge in [0.15, 0.2) is 0 Å². The first kappa shape index (κ1) is 24.0. The van der Waals surface area contributed by atoms with Crippen molar-refractivity contribution >= 4 is 11.9 Å². The summed E-state index contributed by atoms with van der Waals surface area (Å²) in [6, 6.07) is 10.4. The molecule has 0 bridgehead atoms. The number of aliphatic hydroxyl groups excluding tert-OH is 1. The highest BCUT2D eigenvalue weighted by atomic mass is 16.3. The highest BCUT2D eigenvalue weighted by Crippen LogP contribution is 2.49. The van der Waals surface area contributed by atoms with Crippen LogP contribution >= 0.6 is 0 Å². The minimum absolute atomic E-state index is 0.00534. The second kappa shape index (κ2) is 9.63. The number of benzene rings is 1. The fourth-order valence-corrected chi connectivity index (χ4v) is 6.05. The summed E-state index contributed by atoms with van der Waals surface area (Å²) < 4.78 is 0. The highest BCUT2D eigenvalue weighted by Gasteiger charge is 2.55. The molecule has 1 heterocycles. The second-order valence-electron chi connectivity index (χ2n) is 10.7. The smallest absolute Gasteiger partial charge is 0.321 e. The summed E-state index contributed by atoms with van der Waals surface area (Å²) in [7, 11) is 4.33. The Balaban J connectivity index is 1.54. The minimum atomic E-state index is -0.309. The van der Waals surface area contributed by atoms with Gasteiger partial charge in [0, 0.05) is 24.7 Å². The molecule has 182 valence electrons. The molecule has 7 nitrogen and oxygen atoms in total. The molecule has 1 aromatic rings. The first-order valence-electron chi connectivity index (χ1n) is 12.5. The lowest BCUT2D eigenvalue weighted by Crippen LogP contribution is -2.56. The molecule has 3 fully saturated rings. The van der Waals surface area contributed by atoms with Gasteiger partial charge in [-0.3, -0.25) is 9.69 Å². The third-order valence-electron chi connectivity index (χ3n) is 8.42. The van der Waals surface area contributed by atoms with Gasteiger partial charge in [0.25, 0.3) is 0 Å². The lowest BCUT2D eigenvalue weighted by Gasteiger charge is -2.51. The summed E-state index contributed by atoms with van der Waals surface area (Å²) >= 11 is 0. The van der Waals surface area contributed by atoms with Gasteiger partial charge < -0.3 is 20.2 Å². The van der Waals surface area contributed by atoms with E-state index in [2.05, 4.69) is 59.5 Å². The summed E-state index contributed by atoms with van der Waals surface area (Å²) in [5.41, 5.74) is 1.11. The van der Waals surface area contributed by atoms with E-state index in [0.717, 1.165) is 32.2 Å². The molecule has 4 rings (SSSR count). The number of aliphatic hydroxyl groups is 1. The fourth-order valence-electron chi connectivity index (χ4n) is 6.05. The summed E-state index contributed by atoms with van der Waals surface area (Å²) in [6.07, 6.45) is 7.48. The molecule has 1 atom stereocenters. The number of nitrogens with zero attached hydrogens (tertiary/aromatic N) is 3. The Kier molecular flexibility index (Phi) is 7.01. The van der Waals surface area contributed by atoms with Crippen LogP contribution in [0.4, 0.5) is 4.79 Å². The van der Waals surface area contributed by atoms with Crippen molar-refractivity contribution < 1.29 is 14.7 Å². The number of carbonyl (C=O) groups is 2. The van der Waals surface area contributed by atoms with E-state index >= 15 is 0 Å². The number of carbonyl (C=O) groups excluding carboxylic acids is 2. The first-order chi connectivity index (χ1) is 15.8. The molecule has 0 aromatic heterocycles. The molecule has 0 radical (unpaired) electrons. The van der Waals surface area contributed by atoms with Crippen LogP contribution in [0.2, 0.25) is 0 Å². The molecule has 3 amide bonds. The molecule has 0 unspecified atom stereocenters. The third kappa shape index (κ3) is 4.62. The zero-order chi connectivity index (χ0) is 23.6. The van der Waals surface area contributed by atoms with Crippen LogP contribution in [-0.4, -0.2) is 83.7 Å². The van der Waals surface area contributed by atoms with E-state index in [0.29, 0.717) is 12.5 Å². The monoisotopic (exact) mass is 456 g/mol. The first-order valence-corrected chi connectivity index (χ1v) is 12.5. The number of urea groups is 1. The molecule has 2 saturated carbocycles. The lowest BCUT2D eigenvalue weighted by atomic mass is 9.68. The molecule has 1 spiro atoms. The van der Waals surface area contributed by atoms with Crippen molar-refractivity contribution in [2.75, 3.05) is 40.3 Å². The lowest BCUT2D eigenvalue weighted by molar-refractivity contribution is -0.122.